The van der Waals surface area contributed by atoms with Gasteiger partial charge in [0.05, 0.1) is 4.90 Å². The van der Waals surface area contributed by atoms with Crippen LogP contribution in [0.5, 0.6) is 0 Å². The number of thiophene rings is 1. The van der Waals surface area contributed by atoms with Gasteiger partial charge in [-0.3, -0.25) is 4.79 Å². The normalized spacial score (nSPS) is 12.5. The maximum Gasteiger partial charge on any atom is 0.251 e. The summed E-state index contributed by atoms with van der Waals surface area (Å²) in [5.41, 5.74) is 1.75. The van der Waals surface area contributed by atoms with Crippen LogP contribution in [0.2, 0.25) is 0 Å². The molecule has 0 unspecified atom stereocenters. The highest BCUT2D eigenvalue weighted by molar-refractivity contribution is 7.91. The third-order valence-corrected chi connectivity index (χ3v) is 7.67. The maximum absolute atomic E-state index is 13.6. The lowest BCUT2D eigenvalue weighted by atomic mass is 10.1. The molecule has 3 aromatic rings. The lowest BCUT2D eigenvalue weighted by molar-refractivity contribution is 0.0953. The minimum absolute atomic E-state index is 0.0365. The second-order valence-corrected chi connectivity index (χ2v) is 9.65. The molecule has 1 aromatic heterocycles. The predicted octanol–water partition coefficient (Wildman–Crippen LogP) is 4.45. The van der Waals surface area contributed by atoms with Gasteiger partial charge >= 0.3 is 0 Å². The fraction of sp³-hybridized carbons (Fsp3) is 0.190. The fourth-order valence-corrected chi connectivity index (χ4v) is 5.66. The van der Waals surface area contributed by atoms with E-state index in [0.29, 0.717) is 10.4 Å². The van der Waals surface area contributed by atoms with Crippen molar-refractivity contribution in [3.63, 3.8) is 0 Å². The molecule has 0 saturated carbocycles. The molecule has 1 N–H and O–H groups in total. The second kappa shape index (κ2) is 8.24. The maximum atomic E-state index is 13.6. The summed E-state index contributed by atoms with van der Waals surface area (Å²) in [7, 11) is -3.82. The molecule has 0 radical (unpaired) electrons. The van der Waals surface area contributed by atoms with Gasteiger partial charge in [-0.2, -0.15) is 0 Å². The Kier molecular flexibility index (Phi) is 5.96. The zero-order chi connectivity index (χ0) is 20.3. The minimum Gasteiger partial charge on any atom is -0.350 e. The number of halogens is 1. The molecule has 3 rings (SSSR count). The summed E-state index contributed by atoms with van der Waals surface area (Å²) >= 11 is 1.30. The summed E-state index contributed by atoms with van der Waals surface area (Å²) in [6, 6.07) is 14.3. The van der Waals surface area contributed by atoms with Crippen LogP contribution >= 0.6 is 11.3 Å². The molecule has 0 aliphatic heterocycles. The number of sulfone groups is 1. The Morgan fingerprint density at radius 3 is 2.43 bits per heavy atom. The molecular weight excluding hydrogens is 397 g/mol. The number of hydrogen-bond donors (Lipinski definition) is 1. The number of rotatable bonds is 6. The summed E-state index contributed by atoms with van der Waals surface area (Å²) in [4.78, 5) is 13.1. The first kappa shape index (κ1) is 20.2. The highest BCUT2D eigenvalue weighted by Gasteiger charge is 2.31. The van der Waals surface area contributed by atoms with Gasteiger partial charge in [0.2, 0.25) is 0 Å². The van der Waals surface area contributed by atoms with Crippen molar-refractivity contribution in [2.24, 2.45) is 0 Å². The van der Waals surface area contributed by atoms with Crippen molar-refractivity contribution in [1.82, 2.24) is 5.32 Å². The lowest BCUT2D eigenvalue weighted by Crippen LogP contribution is -2.31. The van der Waals surface area contributed by atoms with Gasteiger partial charge in [0.25, 0.3) is 5.91 Å². The Labute approximate surface area is 168 Å². The quantitative estimate of drug-likeness (QED) is 0.603. The average Bonchev–Trinajstić information content (AvgIpc) is 3.18. The van der Waals surface area contributed by atoms with E-state index in [4.69, 9.17) is 0 Å². The van der Waals surface area contributed by atoms with Crippen LogP contribution in [0.25, 0.3) is 0 Å². The van der Waals surface area contributed by atoms with Crippen LogP contribution in [-0.4, -0.2) is 20.9 Å². The summed E-state index contributed by atoms with van der Waals surface area (Å²) in [6.45, 7) is 3.37. The van der Waals surface area contributed by atoms with Crippen molar-refractivity contribution in [3.8, 4) is 0 Å². The van der Waals surface area contributed by atoms with Crippen molar-refractivity contribution < 1.29 is 17.6 Å². The van der Waals surface area contributed by atoms with E-state index in [-0.39, 0.29) is 22.9 Å². The first-order valence-electron chi connectivity index (χ1n) is 8.67. The molecule has 146 valence electrons. The topological polar surface area (TPSA) is 63.2 Å². The monoisotopic (exact) mass is 417 g/mol. The van der Waals surface area contributed by atoms with Crippen LogP contribution in [0.1, 0.15) is 31.6 Å². The lowest BCUT2D eigenvalue weighted by Gasteiger charge is -2.18. The van der Waals surface area contributed by atoms with E-state index < -0.39 is 20.9 Å². The molecule has 1 heterocycles. The van der Waals surface area contributed by atoms with Crippen molar-refractivity contribution in [1.29, 1.82) is 0 Å². The Morgan fingerprint density at radius 1 is 1.11 bits per heavy atom. The van der Waals surface area contributed by atoms with Gasteiger partial charge in [-0.1, -0.05) is 23.8 Å². The van der Waals surface area contributed by atoms with Crippen molar-refractivity contribution >= 4 is 27.1 Å². The van der Waals surface area contributed by atoms with Crippen LogP contribution in [0.4, 0.5) is 4.39 Å². The summed E-state index contributed by atoms with van der Waals surface area (Å²) < 4.78 is 40.0. The van der Waals surface area contributed by atoms with Gasteiger partial charge in [-0.15, -0.1) is 11.3 Å². The number of amides is 1. The Hall–Kier alpha value is -2.51. The van der Waals surface area contributed by atoms with Crippen molar-refractivity contribution in [3.05, 3.63) is 87.4 Å². The zero-order valence-electron chi connectivity index (χ0n) is 15.5. The molecule has 0 bridgehead atoms. The second-order valence-electron chi connectivity index (χ2n) is 6.54. The smallest absolute Gasteiger partial charge is 0.251 e. The molecule has 1 amide bonds. The van der Waals surface area contributed by atoms with E-state index in [9.17, 15) is 17.6 Å². The number of aryl methyl sites for hydroxylation is 2. The number of nitrogens with one attached hydrogen (secondary N) is 1. The van der Waals surface area contributed by atoms with E-state index in [0.717, 1.165) is 11.6 Å². The van der Waals surface area contributed by atoms with Crippen LogP contribution in [0.15, 0.2) is 64.9 Å². The van der Waals surface area contributed by atoms with Crippen LogP contribution < -0.4 is 5.32 Å². The van der Waals surface area contributed by atoms with E-state index in [2.05, 4.69) is 5.32 Å². The number of carbonyl (C=O) groups is 1. The molecule has 0 aliphatic carbocycles. The van der Waals surface area contributed by atoms with E-state index in [1.165, 1.54) is 30.4 Å². The Balaban J connectivity index is 1.88. The van der Waals surface area contributed by atoms with Gasteiger partial charge in [0, 0.05) is 17.0 Å². The third kappa shape index (κ3) is 4.31. The number of hydrogen-bond acceptors (Lipinski definition) is 4. The SMILES string of the molecule is Cc1ccc(C(=O)NC[C@@H](c2cccs2)S(=O)(=O)c2ccc(F)c(C)c2)cc1. The van der Waals surface area contributed by atoms with Gasteiger partial charge in [0.15, 0.2) is 9.84 Å². The summed E-state index contributed by atoms with van der Waals surface area (Å²) in [6.07, 6.45) is 0. The molecule has 0 saturated heterocycles. The molecule has 0 spiro atoms. The number of carbonyl (C=O) groups excluding carboxylic acids is 1. The fourth-order valence-electron chi connectivity index (χ4n) is 2.79. The van der Waals surface area contributed by atoms with Gasteiger partial charge in [-0.05, 0) is 61.2 Å². The highest BCUT2D eigenvalue weighted by Crippen LogP contribution is 2.32. The molecule has 2 aromatic carbocycles. The summed E-state index contributed by atoms with van der Waals surface area (Å²) in [5, 5.41) is 3.56. The molecular formula is C21H20FNO3S2. The first-order chi connectivity index (χ1) is 13.3. The standard InChI is InChI=1S/C21H20FNO3S2/c1-14-5-7-16(8-6-14)21(24)23-13-20(19-4-3-11-27-19)28(25,26)17-9-10-18(22)15(2)12-17/h3-12,20H,13H2,1-2H3,(H,23,24)/t20-/m0/s1. The number of benzene rings is 2. The molecule has 7 heteroatoms. The minimum atomic E-state index is -3.82. The Morgan fingerprint density at radius 2 is 1.82 bits per heavy atom. The predicted molar refractivity (Wildman–Crippen MR) is 109 cm³/mol. The molecule has 1 atom stereocenters. The highest BCUT2D eigenvalue weighted by atomic mass is 32.2. The molecule has 0 fully saturated rings. The zero-order valence-corrected chi connectivity index (χ0v) is 17.1. The Bertz CT molecular complexity index is 1080. The van der Waals surface area contributed by atoms with Crippen molar-refractivity contribution in [2.75, 3.05) is 6.54 Å². The molecule has 28 heavy (non-hydrogen) atoms. The van der Waals surface area contributed by atoms with E-state index >= 15 is 0 Å². The summed E-state index contributed by atoms with van der Waals surface area (Å²) in [5.74, 6) is -0.800. The van der Waals surface area contributed by atoms with Crippen molar-refractivity contribution in [2.45, 2.75) is 24.0 Å². The average molecular weight is 418 g/mol. The van der Waals surface area contributed by atoms with E-state index in [1.54, 1.807) is 29.6 Å². The van der Waals surface area contributed by atoms with E-state index in [1.807, 2.05) is 19.1 Å². The van der Waals surface area contributed by atoms with Gasteiger partial charge in [-0.25, -0.2) is 12.8 Å². The largest absolute Gasteiger partial charge is 0.350 e. The molecule has 4 nitrogen and oxygen atoms in total. The molecule has 0 aliphatic rings. The third-order valence-electron chi connectivity index (χ3n) is 4.45. The van der Waals surface area contributed by atoms with Gasteiger partial charge < -0.3 is 5.32 Å². The van der Waals surface area contributed by atoms with Crippen LogP contribution in [-0.2, 0) is 9.84 Å². The van der Waals surface area contributed by atoms with Crippen LogP contribution in [0, 0.1) is 19.7 Å². The van der Waals surface area contributed by atoms with Gasteiger partial charge in [0.1, 0.15) is 11.1 Å². The first-order valence-corrected chi connectivity index (χ1v) is 11.1. The van der Waals surface area contributed by atoms with Crippen LogP contribution in [0.3, 0.4) is 0 Å².